The molecule has 0 bridgehead atoms. The zero-order valence-electron chi connectivity index (χ0n) is 18.9. The molecule has 3 aromatic heterocycles. The second kappa shape index (κ2) is 9.42. The van der Waals surface area contributed by atoms with E-state index in [1.807, 2.05) is 0 Å². The van der Waals surface area contributed by atoms with Crippen LogP contribution in [0.2, 0.25) is 0 Å². The highest BCUT2D eigenvalue weighted by Crippen LogP contribution is 2.29. The van der Waals surface area contributed by atoms with Gasteiger partial charge in [-0.1, -0.05) is 19.3 Å². The van der Waals surface area contributed by atoms with Crippen LogP contribution >= 0.6 is 0 Å². The van der Waals surface area contributed by atoms with E-state index >= 15 is 0 Å². The van der Waals surface area contributed by atoms with E-state index in [1.54, 1.807) is 16.7 Å². The molecule has 180 valence electrons. The lowest BCUT2D eigenvalue weighted by Crippen LogP contribution is -2.26. The van der Waals surface area contributed by atoms with Crippen LogP contribution in [-0.4, -0.2) is 14.5 Å². The summed E-state index contributed by atoms with van der Waals surface area (Å²) in [5, 5.41) is 0.933. The Bertz CT molecular complexity index is 1650. The molecule has 0 saturated heterocycles. The molecule has 5 aromatic rings. The minimum absolute atomic E-state index is 0.125. The van der Waals surface area contributed by atoms with Crippen LogP contribution in [0.25, 0.3) is 32.9 Å². The highest BCUT2D eigenvalue weighted by molar-refractivity contribution is 6.02. The molecule has 7 nitrogen and oxygen atoms in total. The van der Waals surface area contributed by atoms with Crippen LogP contribution in [0.3, 0.4) is 0 Å². The fraction of sp³-hybridized carbons (Fsp3) is 0.269. The summed E-state index contributed by atoms with van der Waals surface area (Å²) in [4.78, 5) is 30.8. The number of benzene rings is 2. The summed E-state index contributed by atoms with van der Waals surface area (Å²) in [6, 6.07) is 10.3. The standard InChI is InChI=1S/C14H15FN2O.C12H9FN2O2/c15-10-6-7-12-13(8-10)17(14(18)9-16-12)11-4-2-1-3-5-11;13-6-1-2-10-8(3-6)11-9(12(16)17-10)4-7(5-14)15-11/h6-9,11H,1-5H2;1-4,15H,5,14H2. The van der Waals surface area contributed by atoms with Crippen molar-refractivity contribution < 1.29 is 13.2 Å². The molecule has 0 atom stereocenters. The number of fused-ring (bicyclic) bond motifs is 4. The average molecular weight is 478 g/mol. The van der Waals surface area contributed by atoms with Gasteiger partial charge in [0.2, 0.25) is 0 Å². The van der Waals surface area contributed by atoms with Gasteiger partial charge in [-0.2, -0.15) is 0 Å². The van der Waals surface area contributed by atoms with E-state index in [2.05, 4.69) is 9.97 Å². The first kappa shape index (κ1) is 22.9. The zero-order valence-corrected chi connectivity index (χ0v) is 18.9. The first-order valence-corrected chi connectivity index (χ1v) is 11.6. The summed E-state index contributed by atoms with van der Waals surface area (Å²) >= 11 is 0. The molecule has 0 spiro atoms. The first-order valence-electron chi connectivity index (χ1n) is 11.6. The monoisotopic (exact) mass is 478 g/mol. The van der Waals surface area contributed by atoms with Crippen molar-refractivity contribution in [2.24, 2.45) is 5.73 Å². The number of aromatic amines is 1. The Morgan fingerprint density at radius 3 is 2.51 bits per heavy atom. The zero-order chi connectivity index (χ0) is 24.5. The van der Waals surface area contributed by atoms with Gasteiger partial charge in [-0.15, -0.1) is 0 Å². The molecule has 0 unspecified atom stereocenters. The Hall–Kier alpha value is -3.85. The van der Waals surface area contributed by atoms with Gasteiger partial charge >= 0.3 is 5.63 Å². The number of rotatable bonds is 2. The smallest absolute Gasteiger partial charge is 0.345 e. The minimum atomic E-state index is -0.449. The van der Waals surface area contributed by atoms with Crippen LogP contribution in [-0.2, 0) is 6.54 Å². The Morgan fingerprint density at radius 1 is 1.00 bits per heavy atom. The van der Waals surface area contributed by atoms with Crippen LogP contribution < -0.4 is 16.9 Å². The van der Waals surface area contributed by atoms with Crippen molar-refractivity contribution in [1.82, 2.24) is 14.5 Å². The summed E-state index contributed by atoms with van der Waals surface area (Å²) in [5.74, 6) is -0.698. The number of hydrogen-bond acceptors (Lipinski definition) is 5. The maximum absolute atomic E-state index is 13.4. The van der Waals surface area contributed by atoms with E-state index in [0.717, 1.165) is 25.7 Å². The number of aromatic nitrogens is 3. The van der Waals surface area contributed by atoms with Gasteiger partial charge in [0.15, 0.2) is 0 Å². The fourth-order valence-electron chi connectivity index (χ4n) is 4.76. The number of hydrogen-bond donors (Lipinski definition) is 2. The summed E-state index contributed by atoms with van der Waals surface area (Å²) in [6.45, 7) is 0.283. The Morgan fingerprint density at radius 2 is 1.74 bits per heavy atom. The van der Waals surface area contributed by atoms with Gasteiger partial charge < -0.3 is 19.7 Å². The van der Waals surface area contributed by atoms with Crippen molar-refractivity contribution in [2.45, 2.75) is 44.7 Å². The van der Waals surface area contributed by atoms with Crippen LogP contribution in [0.1, 0.15) is 43.8 Å². The first-order chi connectivity index (χ1) is 16.9. The van der Waals surface area contributed by atoms with Gasteiger partial charge in [-0.3, -0.25) is 4.79 Å². The quantitative estimate of drug-likeness (QED) is 0.351. The van der Waals surface area contributed by atoms with Crippen LogP contribution in [0.4, 0.5) is 8.78 Å². The number of nitrogens with two attached hydrogens (primary N) is 1. The van der Waals surface area contributed by atoms with Crippen molar-refractivity contribution in [1.29, 1.82) is 0 Å². The van der Waals surface area contributed by atoms with Crippen molar-refractivity contribution in [2.75, 3.05) is 0 Å². The minimum Gasteiger partial charge on any atom is -0.422 e. The van der Waals surface area contributed by atoms with E-state index in [-0.39, 0.29) is 29.8 Å². The normalized spacial score (nSPS) is 14.4. The highest BCUT2D eigenvalue weighted by Gasteiger charge is 2.18. The Balaban J connectivity index is 0.000000145. The van der Waals surface area contributed by atoms with Gasteiger partial charge in [-0.05, 0) is 55.3 Å². The topological polar surface area (TPSA) is 107 Å². The summed E-state index contributed by atoms with van der Waals surface area (Å²) in [7, 11) is 0. The maximum Gasteiger partial charge on any atom is 0.345 e. The van der Waals surface area contributed by atoms with E-state index in [4.69, 9.17) is 10.2 Å². The van der Waals surface area contributed by atoms with Gasteiger partial charge in [0.1, 0.15) is 17.2 Å². The van der Waals surface area contributed by atoms with Crippen molar-refractivity contribution in [3.63, 3.8) is 0 Å². The third-order valence-corrected chi connectivity index (χ3v) is 6.42. The molecule has 6 rings (SSSR count). The average Bonchev–Trinajstić information content (AvgIpc) is 3.31. The molecule has 2 aromatic carbocycles. The van der Waals surface area contributed by atoms with Crippen molar-refractivity contribution in [3.8, 4) is 0 Å². The molecular formula is C26H24F2N4O3. The van der Waals surface area contributed by atoms with Crippen LogP contribution in [0.15, 0.2) is 62.7 Å². The molecule has 1 aliphatic rings. The Kier molecular flexibility index (Phi) is 6.17. The Labute approximate surface area is 198 Å². The van der Waals surface area contributed by atoms with Crippen molar-refractivity contribution >= 4 is 32.9 Å². The third-order valence-electron chi connectivity index (χ3n) is 6.42. The SMILES string of the molecule is NCc1cc2c(=O)oc3ccc(F)cc3c2[nH]1.O=c1cnc2ccc(F)cc2n1C1CCCCC1. The molecular weight excluding hydrogens is 454 g/mol. The lowest BCUT2D eigenvalue weighted by Gasteiger charge is -2.25. The summed E-state index contributed by atoms with van der Waals surface area (Å²) in [6.07, 6.45) is 6.83. The van der Waals surface area contributed by atoms with Gasteiger partial charge in [0.25, 0.3) is 5.56 Å². The predicted molar refractivity (Wildman–Crippen MR) is 130 cm³/mol. The van der Waals surface area contributed by atoms with E-state index in [0.29, 0.717) is 38.6 Å². The van der Waals surface area contributed by atoms with Crippen molar-refractivity contribution in [3.05, 3.63) is 86.8 Å². The van der Waals surface area contributed by atoms with Crippen LogP contribution in [0, 0.1) is 11.6 Å². The summed E-state index contributed by atoms with van der Waals surface area (Å²) in [5.41, 5.74) is 7.86. The summed E-state index contributed by atoms with van der Waals surface area (Å²) < 4.78 is 33.4. The van der Waals surface area contributed by atoms with Gasteiger partial charge in [0, 0.05) is 23.7 Å². The third kappa shape index (κ3) is 4.46. The number of H-pyrrole nitrogens is 1. The molecule has 3 N–H and O–H groups in total. The highest BCUT2D eigenvalue weighted by atomic mass is 19.1. The number of nitrogens with one attached hydrogen (secondary N) is 1. The molecule has 3 heterocycles. The molecule has 0 radical (unpaired) electrons. The molecule has 35 heavy (non-hydrogen) atoms. The molecule has 1 fully saturated rings. The number of nitrogens with zero attached hydrogens (tertiary/aromatic N) is 2. The van der Waals surface area contributed by atoms with Crippen LogP contribution in [0.5, 0.6) is 0 Å². The van der Waals surface area contributed by atoms with E-state index in [1.165, 1.54) is 42.9 Å². The number of halogens is 2. The molecule has 0 aliphatic heterocycles. The predicted octanol–water partition coefficient (Wildman–Crippen LogP) is 4.91. The molecule has 0 amide bonds. The lowest BCUT2D eigenvalue weighted by molar-refractivity contribution is 0.353. The maximum atomic E-state index is 13.4. The van der Waals surface area contributed by atoms with E-state index in [9.17, 15) is 18.4 Å². The largest absolute Gasteiger partial charge is 0.422 e. The van der Waals surface area contributed by atoms with Gasteiger partial charge in [0.05, 0.1) is 28.1 Å². The molecule has 9 heteroatoms. The fourth-order valence-corrected chi connectivity index (χ4v) is 4.76. The molecule has 1 aliphatic carbocycles. The lowest BCUT2D eigenvalue weighted by atomic mass is 9.95. The second-order valence-electron chi connectivity index (χ2n) is 8.71. The second-order valence-corrected chi connectivity index (χ2v) is 8.71. The molecule has 1 saturated carbocycles. The van der Waals surface area contributed by atoms with E-state index < -0.39 is 5.63 Å². The van der Waals surface area contributed by atoms with Gasteiger partial charge in [-0.25, -0.2) is 18.6 Å².